The van der Waals surface area contributed by atoms with E-state index in [1.54, 1.807) is 0 Å². The van der Waals surface area contributed by atoms with E-state index in [9.17, 15) is 4.79 Å². The van der Waals surface area contributed by atoms with Gasteiger partial charge in [-0.25, -0.2) is 0 Å². The van der Waals surface area contributed by atoms with Crippen LogP contribution in [0.5, 0.6) is 0 Å². The van der Waals surface area contributed by atoms with Crippen LogP contribution in [-0.4, -0.2) is 24.7 Å². The van der Waals surface area contributed by atoms with Gasteiger partial charge in [-0.2, -0.15) is 5.26 Å². The summed E-state index contributed by atoms with van der Waals surface area (Å²) in [5.41, 5.74) is 1.22. The Morgan fingerprint density at radius 1 is 1.45 bits per heavy atom. The number of carbonyl (C=O) groups is 1. The molecule has 4 nitrogen and oxygen atoms in total. The maximum atomic E-state index is 11.4. The fourth-order valence-corrected chi connectivity index (χ4v) is 2.40. The number of nitrogens with one attached hydrogen (secondary N) is 2. The summed E-state index contributed by atoms with van der Waals surface area (Å²) in [5, 5.41) is 14.3. The Morgan fingerprint density at radius 3 is 2.95 bits per heavy atom. The average Bonchev–Trinajstić information content (AvgIpc) is 2.43. The third kappa shape index (κ3) is 7.17. The standard InChI is InChI=1S/C15H21N3OS/c1-12(2)9-17-10-13-4-3-5-14(8-13)20-11-15(19)18-7-6-16/h3-5,8,12,17H,7,9-11H2,1-2H3,(H,18,19). The second-order valence-corrected chi connectivity index (χ2v) is 5.94. The highest BCUT2D eigenvalue weighted by molar-refractivity contribution is 8.00. The van der Waals surface area contributed by atoms with Gasteiger partial charge < -0.3 is 10.6 Å². The van der Waals surface area contributed by atoms with Gasteiger partial charge in [0.2, 0.25) is 5.91 Å². The van der Waals surface area contributed by atoms with Crippen molar-refractivity contribution in [3.05, 3.63) is 29.8 Å². The van der Waals surface area contributed by atoms with Gasteiger partial charge in [0.1, 0.15) is 6.54 Å². The molecule has 20 heavy (non-hydrogen) atoms. The van der Waals surface area contributed by atoms with Crippen molar-refractivity contribution in [3.63, 3.8) is 0 Å². The normalized spacial score (nSPS) is 10.3. The lowest BCUT2D eigenvalue weighted by Gasteiger charge is -2.08. The highest BCUT2D eigenvalue weighted by atomic mass is 32.2. The predicted molar refractivity (Wildman–Crippen MR) is 82.3 cm³/mol. The quantitative estimate of drug-likeness (QED) is 0.569. The lowest BCUT2D eigenvalue weighted by Crippen LogP contribution is -2.25. The summed E-state index contributed by atoms with van der Waals surface area (Å²) in [6.07, 6.45) is 0. The molecule has 0 radical (unpaired) electrons. The van der Waals surface area contributed by atoms with E-state index >= 15 is 0 Å². The summed E-state index contributed by atoms with van der Waals surface area (Å²) in [4.78, 5) is 12.5. The SMILES string of the molecule is CC(C)CNCc1cccc(SCC(=O)NCC#N)c1. The molecule has 0 fully saturated rings. The van der Waals surface area contributed by atoms with Crippen molar-refractivity contribution in [1.82, 2.24) is 10.6 Å². The number of thioether (sulfide) groups is 1. The summed E-state index contributed by atoms with van der Waals surface area (Å²) in [5.74, 6) is 0.862. The number of benzene rings is 1. The number of hydrogen-bond donors (Lipinski definition) is 2. The van der Waals surface area contributed by atoms with Crippen molar-refractivity contribution in [3.8, 4) is 6.07 Å². The van der Waals surface area contributed by atoms with Gasteiger partial charge in [0, 0.05) is 11.4 Å². The molecule has 0 aliphatic carbocycles. The van der Waals surface area contributed by atoms with Gasteiger partial charge in [-0.1, -0.05) is 26.0 Å². The molecule has 1 amide bonds. The van der Waals surface area contributed by atoms with Crippen molar-refractivity contribution < 1.29 is 4.79 Å². The highest BCUT2D eigenvalue weighted by Gasteiger charge is 2.03. The Balaban J connectivity index is 2.39. The molecule has 0 aromatic heterocycles. The second kappa shape index (κ2) is 9.40. The first-order chi connectivity index (χ1) is 9.61. The largest absolute Gasteiger partial charge is 0.342 e. The van der Waals surface area contributed by atoms with Gasteiger partial charge in [-0.05, 0) is 30.2 Å². The molecule has 5 heteroatoms. The van der Waals surface area contributed by atoms with Crippen LogP contribution in [0.25, 0.3) is 0 Å². The van der Waals surface area contributed by atoms with Crippen LogP contribution in [0.4, 0.5) is 0 Å². The number of nitriles is 1. The first-order valence-electron chi connectivity index (χ1n) is 6.68. The lowest BCUT2D eigenvalue weighted by atomic mass is 10.2. The third-order valence-corrected chi connectivity index (χ3v) is 3.51. The third-order valence-electron chi connectivity index (χ3n) is 2.51. The fourth-order valence-electron chi connectivity index (χ4n) is 1.59. The number of carbonyl (C=O) groups excluding carboxylic acids is 1. The van der Waals surface area contributed by atoms with Crippen LogP contribution in [0, 0.1) is 17.2 Å². The van der Waals surface area contributed by atoms with Gasteiger partial charge in [0.15, 0.2) is 0 Å². The molecular formula is C15H21N3OS. The minimum Gasteiger partial charge on any atom is -0.342 e. The molecule has 0 heterocycles. The Hall–Kier alpha value is -1.51. The lowest BCUT2D eigenvalue weighted by molar-refractivity contribution is -0.118. The summed E-state index contributed by atoms with van der Waals surface area (Å²) < 4.78 is 0. The summed E-state index contributed by atoms with van der Waals surface area (Å²) in [6.45, 7) is 6.26. The summed E-state index contributed by atoms with van der Waals surface area (Å²) in [7, 11) is 0. The van der Waals surface area contributed by atoms with E-state index in [2.05, 4.69) is 36.6 Å². The van der Waals surface area contributed by atoms with Gasteiger partial charge in [-0.15, -0.1) is 11.8 Å². The molecule has 1 rings (SSSR count). The molecule has 2 N–H and O–H groups in total. The Kier molecular flexibility index (Phi) is 7.78. The van der Waals surface area contributed by atoms with Crippen molar-refractivity contribution in [2.75, 3.05) is 18.8 Å². The maximum absolute atomic E-state index is 11.4. The minimum atomic E-state index is -0.111. The molecule has 108 valence electrons. The number of amides is 1. The van der Waals surface area contributed by atoms with Gasteiger partial charge >= 0.3 is 0 Å². The van der Waals surface area contributed by atoms with Crippen LogP contribution in [0.2, 0.25) is 0 Å². The molecule has 0 unspecified atom stereocenters. The second-order valence-electron chi connectivity index (χ2n) is 4.90. The van der Waals surface area contributed by atoms with Gasteiger partial charge in [0.05, 0.1) is 11.8 Å². The van der Waals surface area contributed by atoms with Crippen molar-refractivity contribution in [2.24, 2.45) is 5.92 Å². The van der Waals surface area contributed by atoms with Gasteiger partial charge in [0.25, 0.3) is 0 Å². The Morgan fingerprint density at radius 2 is 2.25 bits per heavy atom. The molecule has 0 spiro atoms. The van der Waals surface area contributed by atoms with Crippen molar-refractivity contribution in [2.45, 2.75) is 25.3 Å². The maximum Gasteiger partial charge on any atom is 0.231 e. The van der Waals surface area contributed by atoms with E-state index in [1.165, 1.54) is 17.3 Å². The number of nitrogens with zero attached hydrogens (tertiary/aromatic N) is 1. The number of hydrogen-bond acceptors (Lipinski definition) is 4. The van der Waals surface area contributed by atoms with Crippen molar-refractivity contribution >= 4 is 17.7 Å². The highest BCUT2D eigenvalue weighted by Crippen LogP contribution is 2.18. The van der Waals surface area contributed by atoms with Crippen molar-refractivity contribution in [1.29, 1.82) is 5.26 Å². The summed E-state index contributed by atoms with van der Waals surface area (Å²) in [6, 6.07) is 10.1. The van der Waals surface area contributed by atoms with Crippen LogP contribution in [0.3, 0.4) is 0 Å². The molecule has 0 saturated carbocycles. The zero-order chi connectivity index (χ0) is 14.8. The molecule has 0 aliphatic heterocycles. The molecule has 0 atom stereocenters. The predicted octanol–water partition coefficient (Wildman–Crippen LogP) is 2.16. The molecule has 0 aliphatic rings. The van der Waals surface area contributed by atoms with Crippen LogP contribution >= 0.6 is 11.8 Å². The molecule has 1 aromatic rings. The Labute approximate surface area is 124 Å². The minimum absolute atomic E-state index is 0.0680. The molecule has 1 aromatic carbocycles. The topological polar surface area (TPSA) is 64.9 Å². The summed E-state index contributed by atoms with van der Waals surface area (Å²) >= 11 is 1.48. The van der Waals surface area contributed by atoms with Crippen LogP contribution in [0.15, 0.2) is 29.2 Å². The van der Waals surface area contributed by atoms with E-state index in [0.717, 1.165) is 18.0 Å². The van der Waals surface area contributed by atoms with Crippen LogP contribution in [-0.2, 0) is 11.3 Å². The van der Waals surface area contributed by atoms with Crippen LogP contribution < -0.4 is 10.6 Å². The zero-order valence-electron chi connectivity index (χ0n) is 12.0. The van der Waals surface area contributed by atoms with E-state index < -0.39 is 0 Å². The van der Waals surface area contributed by atoms with E-state index in [1.807, 2.05) is 18.2 Å². The monoisotopic (exact) mass is 291 g/mol. The molecule has 0 bridgehead atoms. The Bertz CT molecular complexity index is 468. The average molecular weight is 291 g/mol. The number of rotatable bonds is 8. The first kappa shape index (κ1) is 16.5. The van der Waals surface area contributed by atoms with E-state index in [-0.39, 0.29) is 12.5 Å². The molecule has 0 saturated heterocycles. The van der Waals surface area contributed by atoms with Crippen LogP contribution in [0.1, 0.15) is 19.4 Å². The fraction of sp³-hybridized carbons (Fsp3) is 0.467. The first-order valence-corrected chi connectivity index (χ1v) is 7.66. The smallest absolute Gasteiger partial charge is 0.231 e. The van der Waals surface area contributed by atoms with Gasteiger partial charge in [-0.3, -0.25) is 4.79 Å². The van der Waals surface area contributed by atoms with E-state index in [0.29, 0.717) is 11.7 Å². The zero-order valence-corrected chi connectivity index (χ0v) is 12.8. The van der Waals surface area contributed by atoms with E-state index in [4.69, 9.17) is 5.26 Å². The molecular weight excluding hydrogens is 270 g/mol.